The minimum atomic E-state index is -2.49. The maximum Gasteiger partial charge on any atom is 0.288 e. The summed E-state index contributed by atoms with van der Waals surface area (Å²) in [7, 11) is 0. The smallest absolute Gasteiger partial charge is 0.288 e. The first-order chi connectivity index (χ1) is 6.11. The molecule has 0 saturated heterocycles. The van der Waals surface area contributed by atoms with Gasteiger partial charge in [0.25, 0.3) is 5.76 Å². The molecule has 0 amide bonds. The first kappa shape index (κ1) is 10.2. The molecule has 0 heterocycles. The summed E-state index contributed by atoms with van der Waals surface area (Å²) in [4.78, 5) is 11.3. The molecule has 0 aliphatic rings. The minimum absolute atomic E-state index is 0.191. The molecule has 0 spiro atoms. The molecular formula is C9H8F2OS. The van der Waals surface area contributed by atoms with Gasteiger partial charge >= 0.3 is 0 Å². The third-order valence-corrected chi connectivity index (χ3v) is 2.27. The standard InChI is InChI=1S/C9H8F2OS/c1-6(12)7-4-2-3-5-8(7)13-9(10)11/h2-5,9H,1H3. The molecule has 1 aromatic carbocycles. The summed E-state index contributed by atoms with van der Waals surface area (Å²) >= 11 is 0.399. The Labute approximate surface area is 79.1 Å². The molecule has 70 valence electrons. The van der Waals surface area contributed by atoms with E-state index in [0.717, 1.165) is 0 Å². The predicted octanol–water partition coefficient (Wildman–Crippen LogP) is 3.20. The Morgan fingerprint density at radius 2 is 2.00 bits per heavy atom. The first-order valence-corrected chi connectivity index (χ1v) is 4.54. The molecule has 0 aliphatic carbocycles. The Morgan fingerprint density at radius 3 is 2.54 bits per heavy atom. The van der Waals surface area contributed by atoms with Gasteiger partial charge in [-0.1, -0.05) is 30.0 Å². The Kier molecular flexibility index (Phi) is 3.42. The molecule has 0 N–H and O–H groups in total. The lowest BCUT2D eigenvalue weighted by Crippen LogP contribution is -1.95. The molecule has 0 aromatic heterocycles. The Bertz CT molecular complexity index is 312. The monoisotopic (exact) mass is 202 g/mol. The van der Waals surface area contributed by atoms with E-state index in [1.807, 2.05) is 0 Å². The van der Waals surface area contributed by atoms with Gasteiger partial charge in [0, 0.05) is 10.5 Å². The fourth-order valence-corrected chi connectivity index (χ4v) is 1.64. The highest BCUT2D eigenvalue weighted by Crippen LogP contribution is 2.28. The molecule has 1 nitrogen and oxygen atoms in total. The van der Waals surface area contributed by atoms with Crippen LogP contribution >= 0.6 is 11.8 Å². The normalized spacial score (nSPS) is 10.5. The summed E-state index contributed by atoms with van der Waals surface area (Å²) in [5.74, 6) is -2.68. The third-order valence-electron chi connectivity index (χ3n) is 1.48. The van der Waals surface area contributed by atoms with Crippen molar-refractivity contribution in [3.05, 3.63) is 29.8 Å². The van der Waals surface area contributed by atoms with E-state index in [0.29, 0.717) is 22.2 Å². The molecule has 0 unspecified atom stereocenters. The summed E-state index contributed by atoms with van der Waals surface area (Å²) in [5, 5.41) is 0. The van der Waals surface area contributed by atoms with Crippen LogP contribution in [-0.4, -0.2) is 11.5 Å². The SMILES string of the molecule is CC(=O)c1ccccc1SC(F)F. The predicted molar refractivity (Wildman–Crippen MR) is 48.3 cm³/mol. The van der Waals surface area contributed by atoms with Crippen LogP contribution in [0.15, 0.2) is 29.2 Å². The van der Waals surface area contributed by atoms with Crippen molar-refractivity contribution in [3.63, 3.8) is 0 Å². The molecular weight excluding hydrogens is 194 g/mol. The number of alkyl halides is 2. The fourth-order valence-electron chi connectivity index (χ4n) is 0.956. The number of hydrogen-bond donors (Lipinski definition) is 0. The Balaban J connectivity index is 2.98. The molecule has 1 rings (SSSR count). The van der Waals surface area contributed by atoms with Crippen LogP contribution in [0, 0.1) is 0 Å². The maximum atomic E-state index is 12.0. The van der Waals surface area contributed by atoms with Crippen molar-refractivity contribution in [1.82, 2.24) is 0 Å². The van der Waals surface area contributed by atoms with Gasteiger partial charge in [0.1, 0.15) is 0 Å². The zero-order valence-electron chi connectivity index (χ0n) is 6.96. The highest BCUT2D eigenvalue weighted by atomic mass is 32.2. The summed E-state index contributed by atoms with van der Waals surface area (Å²) in [5.41, 5.74) is 0.354. The van der Waals surface area contributed by atoms with E-state index in [9.17, 15) is 13.6 Å². The summed E-state index contributed by atoms with van der Waals surface area (Å²) in [6.07, 6.45) is 0. The van der Waals surface area contributed by atoms with Gasteiger partial charge in [0.05, 0.1) is 0 Å². The average Bonchev–Trinajstić information content (AvgIpc) is 2.03. The van der Waals surface area contributed by atoms with Crippen molar-refractivity contribution in [2.24, 2.45) is 0 Å². The van der Waals surface area contributed by atoms with E-state index in [4.69, 9.17) is 0 Å². The molecule has 0 bridgehead atoms. The van der Waals surface area contributed by atoms with Crippen LogP contribution in [0.1, 0.15) is 17.3 Å². The second-order valence-corrected chi connectivity index (χ2v) is 3.46. The van der Waals surface area contributed by atoms with Crippen LogP contribution in [0.25, 0.3) is 0 Å². The number of ketones is 1. The van der Waals surface area contributed by atoms with Crippen LogP contribution in [0.5, 0.6) is 0 Å². The molecule has 1 aromatic rings. The second-order valence-electron chi connectivity index (χ2n) is 2.43. The molecule has 0 radical (unpaired) electrons. The number of carbonyl (C=O) groups is 1. The maximum absolute atomic E-state index is 12.0. The molecule has 0 fully saturated rings. The summed E-state index contributed by atoms with van der Waals surface area (Å²) in [6, 6.07) is 6.37. The zero-order chi connectivity index (χ0) is 9.84. The van der Waals surface area contributed by atoms with E-state index in [2.05, 4.69) is 0 Å². The first-order valence-electron chi connectivity index (χ1n) is 3.66. The van der Waals surface area contributed by atoms with Gasteiger partial charge < -0.3 is 0 Å². The lowest BCUT2D eigenvalue weighted by Gasteiger charge is -2.04. The zero-order valence-corrected chi connectivity index (χ0v) is 7.78. The van der Waals surface area contributed by atoms with Gasteiger partial charge in [0.15, 0.2) is 5.78 Å². The largest absolute Gasteiger partial charge is 0.294 e. The van der Waals surface area contributed by atoms with Crippen LogP contribution in [0.3, 0.4) is 0 Å². The summed E-state index contributed by atoms with van der Waals surface area (Å²) < 4.78 is 24.0. The molecule has 0 atom stereocenters. The number of thioether (sulfide) groups is 1. The Morgan fingerprint density at radius 1 is 1.38 bits per heavy atom. The van der Waals surface area contributed by atoms with Crippen molar-refractivity contribution in [2.45, 2.75) is 17.6 Å². The third kappa shape index (κ3) is 2.81. The number of carbonyl (C=O) groups excluding carboxylic acids is 1. The molecule has 0 saturated carbocycles. The number of hydrogen-bond acceptors (Lipinski definition) is 2. The summed E-state index contributed by atoms with van der Waals surface area (Å²) in [6.45, 7) is 1.37. The van der Waals surface area contributed by atoms with E-state index in [1.165, 1.54) is 13.0 Å². The van der Waals surface area contributed by atoms with Gasteiger partial charge in [-0.3, -0.25) is 4.79 Å². The van der Waals surface area contributed by atoms with Crippen LogP contribution in [0.4, 0.5) is 8.78 Å². The van der Waals surface area contributed by atoms with Gasteiger partial charge in [-0.15, -0.1) is 0 Å². The van der Waals surface area contributed by atoms with Crippen molar-refractivity contribution >= 4 is 17.5 Å². The van der Waals surface area contributed by atoms with Crippen LogP contribution in [-0.2, 0) is 0 Å². The van der Waals surface area contributed by atoms with Crippen molar-refractivity contribution in [1.29, 1.82) is 0 Å². The number of Topliss-reactive ketones (excluding diaryl/α,β-unsaturated/α-hetero) is 1. The quantitative estimate of drug-likeness (QED) is 0.553. The van der Waals surface area contributed by atoms with E-state index in [1.54, 1.807) is 18.2 Å². The van der Waals surface area contributed by atoms with E-state index < -0.39 is 5.76 Å². The second kappa shape index (κ2) is 4.37. The highest BCUT2D eigenvalue weighted by Gasteiger charge is 2.11. The Hall–Kier alpha value is -0.900. The topological polar surface area (TPSA) is 17.1 Å². The number of rotatable bonds is 3. The molecule has 4 heteroatoms. The van der Waals surface area contributed by atoms with Gasteiger partial charge in [-0.25, -0.2) is 0 Å². The number of benzene rings is 1. The van der Waals surface area contributed by atoms with Gasteiger partial charge in [0.2, 0.25) is 0 Å². The molecule has 13 heavy (non-hydrogen) atoms. The lowest BCUT2D eigenvalue weighted by atomic mass is 10.1. The van der Waals surface area contributed by atoms with E-state index in [-0.39, 0.29) is 5.78 Å². The minimum Gasteiger partial charge on any atom is -0.294 e. The van der Waals surface area contributed by atoms with Gasteiger partial charge in [-0.05, 0) is 13.0 Å². The van der Waals surface area contributed by atoms with E-state index >= 15 is 0 Å². The highest BCUT2D eigenvalue weighted by molar-refractivity contribution is 7.99. The van der Waals surface area contributed by atoms with Crippen LogP contribution < -0.4 is 0 Å². The van der Waals surface area contributed by atoms with Gasteiger partial charge in [-0.2, -0.15) is 8.78 Å². The lowest BCUT2D eigenvalue weighted by molar-refractivity contribution is 0.101. The number of halogens is 2. The average molecular weight is 202 g/mol. The molecule has 0 aliphatic heterocycles. The van der Waals surface area contributed by atoms with Crippen LogP contribution in [0.2, 0.25) is 0 Å². The van der Waals surface area contributed by atoms with Crippen molar-refractivity contribution in [2.75, 3.05) is 0 Å². The van der Waals surface area contributed by atoms with Crippen molar-refractivity contribution < 1.29 is 13.6 Å². The van der Waals surface area contributed by atoms with Crippen molar-refractivity contribution in [3.8, 4) is 0 Å². The fraction of sp³-hybridized carbons (Fsp3) is 0.222.